The molecule has 0 saturated carbocycles. The van der Waals surface area contributed by atoms with E-state index in [1.807, 2.05) is 0 Å². The molecule has 10 heteroatoms. The normalized spacial score (nSPS) is 12.9. The Morgan fingerprint density at radius 3 is 2.34 bits per heavy atom. The van der Waals surface area contributed by atoms with Crippen molar-refractivity contribution in [3.05, 3.63) is 80.0 Å². The predicted molar refractivity (Wildman–Crippen MR) is 130 cm³/mol. The maximum atomic E-state index is 12.0. The Morgan fingerprint density at radius 2 is 1.69 bits per heavy atom. The number of benzene rings is 3. The number of imidazole rings is 1. The molecule has 4 rings (SSSR count). The average Bonchev–Trinajstić information content (AvgIpc) is 3.20. The van der Waals surface area contributed by atoms with Gasteiger partial charge in [0.05, 0.1) is 26.2 Å². The van der Waals surface area contributed by atoms with Gasteiger partial charge >= 0.3 is 0 Å². The smallest absolute Gasteiger partial charge is 0.178 e. The first-order valence-corrected chi connectivity index (χ1v) is 12.6. The molecule has 1 heterocycles. The van der Waals surface area contributed by atoms with Crippen molar-refractivity contribution in [2.24, 2.45) is 0 Å². The summed E-state index contributed by atoms with van der Waals surface area (Å²) in [6.45, 7) is 1.58. The van der Waals surface area contributed by atoms with Crippen LogP contribution in [0.25, 0.3) is 22.2 Å². The molecule has 3 aromatic carbocycles. The van der Waals surface area contributed by atoms with Gasteiger partial charge in [0.25, 0.3) is 0 Å². The van der Waals surface area contributed by atoms with E-state index in [1.165, 1.54) is 12.1 Å². The molecular weight excluding hydrogens is 514 g/mol. The minimum absolute atomic E-state index is 0.00327. The fourth-order valence-corrected chi connectivity index (χ4v) is 5.32. The summed E-state index contributed by atoms with van der Waals surface area (Å²) in [7, 11) is -3.33. The molecule has 5 nitrogen and oxygen atoms in total. The van der Waals surface area contributed by atoms with E-state index >= 15 is 0 Å². The van der Waals surface area contributed by atoms with Crippen molar-refractivity contribution in [1.29, 1.82) is 0 Å². The van der Waals surface area contributed by atoms with Gasteiger partial charge in [-0.05, 0) is 42.0 Å². The molecule has 0 aliphatic heterocycles. The van der Waals surface area contributed by atoms with Gasteiger partial charge in [-0.1, -0.05) is 65.5 Å². The van der Waals surface area contributed by atoms with Crippen LogP contribution in [0, 0.1) is 0 Å². The number of halogens is 4. The number of sulfone groups is 1. The van der Waals surface area contributed by atoms with E-state index < -0.39 is 15.9 Å². The summed E-state index contributed by atoms with van der Waals surface area (Å²) in [6, 6.07) is 12.6. The number of H-pyrrole nitrogens is 1. The summed E-state index contributed by atoms with van der Waals surface area (Å²) in [4.78, 5) is 7.69. The highest BCUT2D eigenvalue weighted by atomic mass is 35.5. The number of aliphatic hydroxyl groups is 1. The van der Waals surface area contributed by atoms with Crippen LogP contribution in [-0.2, 0) is 9.84 Å². The second-order valence-corrected chi connectivity index (χ2v) is 11.0. The fourth-order valence-electron chi connectivity index (χ4n) is 3.35. The van der Waals surface area contributed by atoms with Crippen LogP contribution in [0.4, 0.5) is 0 Å². The molecule has 0 fully saturated rings. The lowest BCUT2D eigenvalue weighted by molar-refractivity contribution is 0.211. The van der Waals surface area contributed by atoms with Gasteiger partial charge in [-0.15, -0.1) is 0 Å². The topological polar surface area (TPSA) is 83.1 Å². The third-order valence-corrected chi connectivity index (χ3v) is 8.06. The standard InChI is InChI=1S/C22H16Cl4N2O3S/c1-2-32(30,31)13-6-3-11(4-7-13)21(29)22-27-17-10-16(25)18(19(26)20(17)28-22)14-9-12(23)5-8-15(14)24/h3-10,21,29H,2H2,1H3,(H,27,28). The molecular formula is C22H16Cl4N2O3S. The number of hydrogen-bond acceptors (Lipinski definition) is 4. The Kier molecular flexibility index (Phi) is 6.47. The van der Waals surface area contributed by atoms with Gasteiger partial charge in [-0.25, -0.2) is 13.4 Å². The van der Waals surface area contributed by atoms with Gasteiger partial charge < -0.3 is 10.1 Å². The highest BCUT2D eigenvalue weighted by Crippen LogP contribution is 2.43. The molecule has 1 aromatic heterocycles. The second kappa shape index (κ2) is 8.86. The summed E-state index contributed by atoms with van der Waals surface area (Å²) >= 11 is 25.6. The summed E-state index contributed by atoms with van der Waals surface area (Å²) in [5, 5.41) is 12.3. The minimum Gasteiger partial charge on any atom is -0.380 e. The zero-order valence-electron chi connectivity index (χ0n) is 16.5. The monoisotopic (exact) mass is 528 g/mol. The van der Waals surface area contributed by atoms with Crippen LogP contribution in [0.3, 0.4) is 0 Å². The molecule has 0 saturated heterocycles. The molecule has 0 aliphatic carbocycles. The van der Waals surface area contributed by atoms with Crippen molar-refractivity contribution in [2.45, 2.75) is 17.9 Å². The van der Waals surface area contributed by atoms with E-state index in [-0.39, 0.29) is 21.5 Å². The lowest BCUT2D eigenvalue weighted by atomic mass is 10.0. The molecule has 2 N–H and O–H groups in total. The van der Waals surface area contributed by atoms with Gasteiger partial charge in [-0.3, -0.25) is 0 Å². The van der Waals surface area contributed by atoms with Crippen LogP contribution in [0.15, 0.2) is 53.4 Å². The largest absolute Gasteiger partial charge is 0.380 e. The second-order valence-electron chi connectivity index (χ2n) is 7.06. The molecule has 0 amide bonds. The van der Waals surface area contributed by atoms with Crippen molar-refractivity contribution in [3.8, 4) is 11.1 Å². The highest BCUT2D eigenvalue weighted by Gasteiger charge is 2.22. The van der Waals surface area contributed by atoms with Crippen molar-refractivity contribution in [2.75, 3.05) is 5.75 Å². The number of aliphatic hydroxyl groups excluding tert-OH is 1. The SMILES string of the molecule is CCS(=O)(=O)c1ccc(C(O)c2nc3c(Cl)c(-c4cc(Cl)ccc4Cl)c(Cl)cc3[nH]2)cc1. The first kappa shape index (κ1) is 23.4. The van der Waals surface area contributed by atoms with E-state index in [2.05, 4.69) is 9.97 Å². The predicted octanol–water partition coefficient (Wildman–Crippen LogP) is 6.72. The van der Waals surface area contributed by atoms with E-state index in [0.29, 0.717) is 42.8 Å². The summed E-state index contributed by atoms with van der Waals surface area (Å²) in [5.74, 6) is 0.231. The quantitative estimate of drug-likeness (QED) is 0.300. The lowest BCUT2D eigenvalue weighted by Crippen LogP contribution is -2.05. The maximum Gasteiger partial charge on any atom is 0.178 e. The highest BCUT2D eigenvalue weighted by molar-refractivity contribution is 7.91. The third-order valence-electron chi connectivity index (χ3n) is 5.08. The summed E-state index contributed by atoms with van der Waals surface area (Å²) in [5.41, 5.74) is 2.45. The minimum atomic E-state index is -3.33. The van der Waals surface area contributed by atoms with Crippen LogP contribution < -0.4 is 0 Å². The van der Waals surface area contributed by atoms with Crippen molar-refractivity contribution >= 4 is 67.3 Å². The first-order chi connectivity index (χ1) is 15.1. The van der Waals surface area contributed by atoms with Crippen LogP contribution in [-0.4, -0.2) is 29.2 Å². The maximum absolute atomic E-state index is 12.0. The van der Waals surface area contributed by atoms with Gasteiger partial charge in [-0.2, -0.15) is 0 Å². The van der Waals surface area contributed by atoms with Gasteiger partial charge in [0.2, 0.25) is 0 Å². The Labute approximate surface area is 204 Å². The summed E-state index contributed by atoms with van der Waals surface area (Å²) in [6.07, 6.45) is -1.13. The average molecular weight is 530 g/mol. The first-order valence-electron chi connectivity index (χ1n) is 9.46. The Morgan fingerprint density at radius 1 is 1.00 bits per heavy atom. The number of hydrogen-bond donors (Lipinski definition) is 2. The Balaban J connectivity index is 1.77. The zero-order valence-corrected chi connectivity index (χ0v) is 20.4. The van der Waals surface area contributed by atoms with Gasteiger partial charge in [0.1, 0.15) is 17.4 Å². The molecule has 32 heavy (non-hydrogen) atoms. The van der Waals surface area contributed by atoms with Gasteiger partial charge in [0.15, 0.2) is 9.84 Å². The molecule has 1 unspecified atom stereocenters. The number of nitrogens with one attached hydrogen (secondary N) is 1. The van der Waals surface area contributed by atoms with Crippen molar-refractivity contribution in [1.82, 2.24) is 9.97 Å². The molecule has 0 spiro atoms. The Bertz CT molecular complexity index is 1430. The third kappa shape index (κ3) is 4.23. The Hall–Kier alpha value is -1.80. The van der Waals surface area contributed by atoms with Crippen molar-refractivity contribution in [3.63, 3.8) is 0 Å². The van der Waals surface area contributed by atoms with Crippen LogP contribution >= 0.6 is 46.4 Å². The van der Waals surface area contributed by atoms with Gasteiger partial charge in [0, 0.05) is 21.2 Å². The number of rotatable bonds is 5. The number of aromatic nitrogens is 2. The zero-order chi connectivity index (χ0) is 23.2. The van der Waals surface area contributed by atoms with E-state index in [0.717, 1.165) is 0 Å². The van der Waals surface area contributed by atoms with E-state index in [9.17, 15) is 13.5 Å². The van der Waals surface area contributed by atoms with E-state index in [1.54, 1.807) is 43.3 Å². The molecule has 0 aliphatic rings. The molecule has 4 aromatic rings. The summed E-state index contributed by atoms with van der Waals surface area (Å²) < 4.78 is 24.0. The molecule has 166 valence electrons. The molecule has 0 bridgehead atoms. The van der Waals surface area contributed by atoms with Crippen LogP contribution in [0.2, 0.25) is 20.1 Å². The molecule has 1 atom stereocenters. The van der Waals surface area contributed by atoms with Crippen molar-refractivity contribution < 1.29 is 13.5 Å². The van der Waals surface area contributed by atoms with Crippen LogP contribution in [0.1, 0.15) is 24.4 Å². The number of fused-ring (bicyclic) bond motifs is 1. The van der Waals surface area contributed by atoms with E-state index in [4.69, 9.17) is 46.4 Å². The number of aromatic amines is 1. The number of nitrogens with zero attached hydrogens (tertiary/aromatic N) is 1. The van der Waals surface area contributed by atoms with Crippen LogP contribution in [0.5, 0.6) is 0 Å². The fraction of sp³-hybridized carbons (Fsp3) is 0.136. The molecule has 0 radical (unpaired) electrons. The lowest BCUT2D eigenvalue weighted by Gasteiger charge is -2.10.